The summed E-state index contributed by atoms with van der Waals surface area (Å²) in [6, 6.07) is 13.4. The van der Waals surface area contributed by atoms with E-state index in [2.05, 4.69) is 4.98 Å². The van der Waals surface area contributed by atoms with Crippen LogP contribution in [0, 0.1) is 0 Å². The second kappa shape index (κ2) is 5.95. The fourth-order valence-electron chi connectivity index (χ4n) is 2.61. The van der Waals surface area contributed by atoms with Crippen LogP contribution >= 0.6 is 0 Å². The molecule has 1 heterocycles. The summed E-state index contributed by atoms with van der Waals surface area (Å²) in [7, 11) is 1.38. The molecule has 0 aliphatic rings. The van der Waals surface area contributed by atoms with E-state index in [1.165, 1.54) is 7.11 Å². The molecule has 4 heteroatoms. The van der Waals surface area contributed by atoms with Crippen molar-refractivity contribution in [2.45, 2.75) is 6.54 Å². The number of methoxy groups -OCH3 is 1. The zero-order chi connectivity index (χ0) is 15.5. The van der Waals surface area contributed by atoms with Crippen molar-refractivity contribution >= 4 is 16.7 Å². The molecular weight excluding hydrogens is 276 g/mol. The minimum atomic E-state index is -0.341. The van der Waals surface area contributed by atoms with Crippen LogP contribution in [0.15, 0.2) is 54.9 Å². The maximum absolute atomic E-state index is 11.7. The number of benzene rings is 2. The summed E-state index contributed by atoms with van der Waals surface area (Å²) in [6.45, 7) is 0.463. The first kappa shape index (κ1) is 14.2. The number of carbonyl (C=O) groups is 1. The highest BCUT2D eigenvalue weighted by molar-refractivity contribution is 5.99. The minimum Gasteiger partial charge on any atom is -0.465 e. The summed E-state index contributed by atoms with van der Waals surface area (Å²) in [5.74, 6) is -0.341. The Morgan fingerprint density at radius 2 is 2.05 bits per heavy atom. The second-order valence-corrected chi connectivity index (χ2v) is 4.97. The van der Waals surface area contributed by atoms with Crippen LogP contribution in [0.4, 0.5) is 0 Å². The molecule has 0 unspecified atom stereocenters. The van der Waals surface area contributed by atoms with Crippen molar-refractivity contribution in [1.82, 2.24) is 4.98 Å². The first-order chi connectivity index (χ1) is 10.7. The van der Waals surface area contributed by atoms with E-state index in [4.69, 9.17) is 10.5 Å². The molecule has 0 radical (unpaired) electrons. The van der Waals surface area contributed by atoms with Gasteiger partial charge in [-0.2, -0.15) is 0 Å². The molecule has 0 aliphatic heterocycles. The zero-order valence-corrected chi connectivity index (χ0v) is 12.2. The van der Waals surface area contributed by atoms with E-state index >= 15 is 0 Å². The summed E-state index contributed by atoms with van der Waals surface area (Å²) in [4.78, 5) is 15.9. The van der Waals surface area contributed by atoms with Gasteiger partial charge in [0.25, 0.3) is 0 Å². The fraction of sp³-hybridized carbons (Fsp3) is 0.111. The summed E-state index contributed by atoms with van der Waals surface area (Å²) >= 11 is 0. The van der Waals surface area contributed by atoms with Crippen LogP contribution in [0.2, 0.25) is 0 Å². The maximum atomic E-state index is 11.7. The average Bonchev–Trinajstić information content (AvgIpc) is 2.60. The van der Waals surface area contributed by atoms with Gasteiger partial charge in [-0.1, -0.05) is 24.3 Å². The number of hydrogen-bond donors (Lipinski definition) is 1. The van der Waals surface area contributed by atoms with Crippen molar-refractivity contribution < 1.29 is 9.53 Å². The Kier molecular flexibility index (Phi) is 3.85. The van der Waals surface area contributed by atoms with Crippen LogP contribution < -0.4 is 5.73 Å². The van der Waals surface area contributed by atoms with Gasteiger partial charge in [0.1, 0.15) is 0 Å². The summed E-state index contributed by atoms with van der Waals surface area (Å²) in [5, 5.41) is 2.10. The monoisotopic (exact) mass is 292 g/mol. The van der Waals surface area contributed by atoms with Gasteiger partial charge in [0.15, 0.2) is 0 Å². The van der Waals surface area contributed by atoms with Crippen molar-refractivity contribution in [2.75, 3.05) is 7.11 Å². The topological polar surface area (TPSA) is 65.2 Å². The third-order valence-electron chi connectivity index (χ3n) is 3.72. The van der Waals surface area contributed by atoms with Crippen molar-refractivity contribution in [2.24, 2.45) is 5.73 Å². The third-order valence-corrected chi connectivity index (χ3v) is 3.72. The highest BCUT2D eigenvalue weighted by atomic mass is 16.5. The number of fused-ring (bicyclic) bond motifs is 1. The van der Waals surface area contributed by atoms with Gasteiger partial charge < -0.3 is 10.5 Å². The van der Waals surface area contributed by atoms with Crippen LogP contribution in [-0.4, -0.2) is 18.1 Å². The van der Waals surface area contributed by atoms with Gasteiger partial charge >= 0.3 is 5.97 Å². The predicted molar refractivity (Wildman–Crippen MR) is 86.4 cm³/mol. The van der Waals surface area contributed by atoms with Crippen LogP contribution in [0.3, 0.4) is 0 Å². The molecule has 3 aromatic rings. The normalized spacial score (nSPS) is 10.6. The quantitative estimate of drug-likeness (QED) is 0.753. The standard InChI is InChI=1S/C18H16N2O2/c1-22-18(21)13-4-2-3-12(9-13)15-6-5-14(10-19)17-11-20-8-7-16(15)17/h2-9,11H,10,19H2,1H3. The van der Waals surface area contributed by atoms with Gasteiger partial charge in [0.2, 0.25) is 0 Å². The number of nitrogens with zero attached hydrogens (tertiary/aromatic N) is 1. The molecule has 22 heavy (non-hydrogen) atoms. The Morgan fingerprint density at radius 3 is 2.82 bits per heavy atom. The fourth-order valence-corrected chi connectivity index (χ4v) is 2.61. The Balaban J connectivity index is 2.21. The molecule has 2 aromatic carbocycles. The zero-order valence-electron chi connectivity index (χ0n) is 12.2. The third kappa shape index (κ3) is 2.44. The number of aromatic nitrogens is 1. The van der Waals surface area contributed by atoms with E-state index in [-0.39, 0.29) is 5.97 Å². The molecule has 0 aliphatic carbocycles. The van der Waals surface area contributed by atoms with Gasteiger partial charge in [0.05, 0.1) is 12.7 Å². The second-order valence-electron chi connectivity index (χ2n) is 4.97. The molecular formula is C18H16N2O2. The van der Waals surface area contributed by atoms with Gasteiger partial charge in [0, 0.05) is 24.3 Å². The molecule has 3 rings (SSSR count). The highest BCUT2D eigenvalue weighted by Gasteiger charge is 2.10. The molecule has 0 bridgehead atoms. The van der Waals surface area contributed by atoms with Gasteiger partial charge in [-0.15, -0.1) is 0 Å². The largest absolute Gasteiger partial charge is 0.465 e. The number of hydrogen-bond acceptors (Lipinski definition) is 4. The molecule has 1 aromatic heterocycles. The van der Waals surface area contributed by atoms with E-state index in [0.29, 0.717) is 12.1 Å². The molecule has 0 atom stereocenters. The predicted octanol–water partition coefficient (Wildman–Crippen LogP) is 3.15. The molecule has 0 saturated heterocycles. The Bertz CT molecular complexity index is 843. The molecule has 0 amide bonds. The lowest BCUT2D eigenvalue weighted by Gasteiger charge is -2.11. The first-order valence-corrected chi connectivity index (χ1v) is 6.99. The SMILES string of the molecule is COC(=O)c1cccc(-c2ccc(CN)c3cnccc23)c1. The number of carbonyl (C=O) groups excluding carboxylic acids is 1. The lowest BCUT2D eigenvalue weighted by atomic mass is 9.95. The highest BCUT2D eigenvalue weighted by Crippen LogP contribution is 2.30. The van der Waals surface area contributed by atoms with Gasteiger partial charge in [-0.05, 0) is 40.3 Å². The molecule has 2 N–H and O–H groups in total. The molecule has 110 valence electrons. The molecule has 4 nitrogen and oxygen atoms in total. The Labute approximate surface area is 128 Å². The summed E-state index contributed by atoms with van der Waals surface area (Å²) in [6.07, 6.45) is 3.58. The Morgan fingerprint density at radius 1 is 1.18 bits per heavy atom. The number of esters is 1. The van der Waals surface area contributed by atoms with Crippen LogP contribution in [0.5, 0.6) is 0 Å². The molecule has 0 fully saturated rings. The van der Waals surface area contributed by atoms with E-state index in [1.54, 1.807) is 12.3 Å². The minimum absolute atomic E-state index is 0.341. The van der Waals surface area contributed by atoms with E-state index in [1.807, 2.05) is 42.6 Å². The van der Waals surface area contributed by atoms with E-state index in [9.17, 15) is 4.79 Å². The van der Waals surface area contributed by atoms with Crippen LogP contribution in [0.1, 0.15) is 15.9 Å². The summed E-state index contributed by atoms with van der Waals surface area (Å²) < 4.78 is 4.79. The van der Waals surface area contributed by atoms with Crippen molar-refractivity contribution in [3.63, 3.8) is 0 Å². The molecule has 0 saturated carbocycles. The summed E-state index contributed by atoms with van der Waals surface area (Å²) in [5.41, 5.74) is 9.38. The first-order valence-electron chi connectivity index (χ1n) is 6.99. The molecule has 0 spiro atoms. The number of rotatable bonds is 3. The van der Waals surface area contributed by atoms with Gasteiger partial charge in [-0.3, -0.25) is 4.98 Å². The van der Waals surface area contributed by atoms with E-state index < -0.39 is 0 Å². The lowest BCUT2D eigenvalue weighted by molar-refractivity contribution is 0.0601. The number of nitrogens with two attached hydrogens (primary N) is 1. The number of ether oxygens (including phenoxy) is 1. The average molecular weight is 292 g/mol. The van der Waals surface area contributed by atoms with E-state index in [0.717, 1.165) is 27.5 Å². The lowest BCUT2D eigenvalue weighted by Crippen LogP contribution is -2.01. The van der Waals surface area contributed by atoms with Gasteiger partial charge in [-0.25, -0.2) is 4.79 Å². The van der Waals surface area contributed by atoms with Crippen molar-refractivity contribution in [3.8, 4) is 11.1 Å². The van der Waals surface area contributed by atoms with Crippen LogP contribution in [-0.2, 0) is 11.3 Å². The Hall–Kier alpha value is -2.72. The smallest absolute Gasteiger partial charge is 0.337 e. The number of pyridine rings is 1. The maximum Gasteiger partial charge on any atom is 0.337 e. The van der Waals surface area contributed by atoms with Crippen LogP contribution in [0.25, 0.3) is 21.9 Å². The van der Waals surface area contributed by atoms with Crippen molar-refractivity contribution in [3.05, 3.63) is 66.0 Å². The van der Waals surface area contributed by atoms with Crippen molar-refractivity contribution in [1.29, 1.82) is 0 Å².